The van der Waals surface area contributed by atoms with Crippen LogP contribution in [0.1, 0.15) is 23.6 Å². The maximum Gasteiger partial charge on any atom is 0.123 e. The molecule has 104 valence electrons. The van der Waals surface area contributed by atoms with Crippen LogP contribution in [-0.2, 0) is 0 Å². The number of rotatable bonds is 4. The predicted octanol–water partition coefficient (Wildman–Crippen LogP) is 3.75. The van der Waals surface area contributed by atoms with Gasteiger partial charge in [-0.2, -0.15) is 0 Å². The Balaban J connectivity index is 2.46. The van der Waals surface area contributed by atoms with Crippen molar-refractivity contribution < 1.29 is 0 Å². The van der Waals surface area contributed by atoms with E-state index in [2.05, 4.69) is 49.1 Å². The lowest BCUT2D eigenvalue weighted by molar-refractivity contribution is 1.01. The maximum atomic E-state index is 7.56. The van der Waals surface area contributed by atoms with Crippen molar-refractivity contribution in [2.75, 3.05) is 11.4 Å². The highest BCUT2D eigenvalue weighted by Gasteiger charge is 2.11. The van der Waals surface area contributed by atoms with E-state index >= 15 is 0 Å². The first-order chi connectivity index (χ1) is 9.54. The molecule has 2 rings (SSSR count). The number of nitrogen functional groups attached to an aromatic ring is 1. The molecule has 0 aromatic heterocycles. The van der Waals surface area contributed by atoms with Crippen LogP contribution in [0.25, 0.3) is 0 Å². The molecule has 0 saturated heterocycles. The zero-order valence-electron chi connectivity index (χ0n) is 12.3. The Morgan fingerprint density at radius 2 is 1.80 bits per heavy atom. The quantitative estimate of drug-likeness (QED) is 0.655. The van der Waals surface area contributed by atoms with Gasteiger partial charge in [0.15, 0.2) is 0 Å². The third kappa shape index (κ3) is 2.67. The number of aryl methyl sites for hydroxylation is 2. The van der Waals surface area contributed by atoms with Gasteiger partial charge in [-0.05, 0) is 56.2 Å². The fourth-order valence-corrected chi connectivity index (χ4v) is 2.48. The van der Waals surface area contributed by atoms with Gasteiger partial charge >= 0.3 is 0 Å². The molecule has 0 fully saturated rings. The second kappa shape index (κ2) is 5.78. The zero-order valence-corrected chi connectivity index (χ0v) is 12.3. The third-order valence-electron chi connectivity index (χ3n) is 3.53. The zero-order chi connectivity index (χ0) is 14.7. The maximum absolute atomic E-state index is 7.56. The summed E-state index contributed by atoms with van der Waals surface area (Å²) in [7, 11) is 0. The van der Waals surface area contributed by atoms with Crippen molar-refractivity contribution >= 4 is 17.2 Å². The Labute approximate surface area is 120 Å². The van der Waals surface area contributed by atoms with Crippen LogP contribution in [0.2, 0.25) is 0 Å². The third-order valence-corrected chi connectivity index (χ3v) is 3.53. The average molecular weight is 267 g/mol. The number of hydrogen-bond acceptors (Lipinski definition) is 2. The van der Waals surface area contributed by atoms with Crippen molar-refractivity contribution in [3.05, 3.63) is 59.2 Å². The summed E-state index contributed by atoms with van der Waals surface area (Å²) in [5, 5.41) is 7.56. The van der Waals surface area contributed by atoms with Gasteiger partial charge in [-0.3, -0.25) is 5.41 Å². The molecule has 0 aliphatic heterocycles. The summed E-state index contributed by atoms with van der Waals surface area (Å²) in [4.78, 5) is 2.27. The Hall–Kier alpha value is -2.29. The summed E-state index contributed by atoms with van der Waals surface area (Å²) in [6.07, 6.45) is 0. The van der Waals surface area contributed by atoms with Gasteiger partial charge in [-0.25, -0.2) is 0 Å². The molecule has 0 aliphatic rings. The first kappa shape index (κ1) is 14.1. The monoisotopic (exact) mass is 267 g/mol. The molecule has 20 heavy (non-hydrogen) atoms. The van der Waals surface area contributed by atoms with Crippen molar-refractivity contribution in [2.45, 2.75) is 20.8 Å². The van der Waals surface area contributed by atoms with Crippen molar-refractivity contribution in [1.29, 1.82) is 5.41 Å². The average Bonchev–Trinajstić information content (AvgIpc) is 2.41. The summed E-state index contributed by atoms with van der Waals surface area (Å²) in [6, 6.07) is 14.4. The van der Waals surface area contributed by atoms with Gasteiger partial charge in [0.05, 0.1) is 0 Å². The van der Waals surface area contributed by atoms with E-state index in [1.165, 1.54) is 11.3 Å². The molecule has 0 spiro atoms. The second-order valence-electron chi connectivity index (χ2n) is 4.94. The van der Waals surface area contributed by atoms with E-state index in [0.717, 1.165) is 23.4 Å². The molecule has 0 aliphatic carbocycles. The van der Waals surface area contributed by atoms with E-state index in [1.807, 2.05) is 19.1 Å². The molecule has 3 nitrogen and oxygen atoms in total. The summed E-state index contributed by atoms with van der Waals surface area (Å²) in [5.74, 6) is 0.119. The Morgan fingerprint density at radius 3 is 2.35 bits per heavy atom. The summed E-state index contributed by atoms with van der Waals surface area (Å²) in [6.45, 7) is 7.14. The Kier molecular flexibility index (Phi) is 4.08. The highest BCUT2D eigenvalue weighted by atomic mass is 15.1. The number of hydrogen-bond donors (Lipinski definition) is 2. The highest BCUT2D eigenvalue weighted by Crippen LogP contribution is 2.29. The molecule has 0 unspecified atom stereocenters. The standard InChI is InChI=1S/C17H21N3/c1-4-20(16-8-6-5-7-12(16)2)14-9-10-15(17(18)19)13(3)11-14/h5-11H,4H2,1-3H3,(H3,18,19). The molecule has 0 atom stereocenters. The first-order valence-corrected chi connectivity index (χ1v) is 6.82. The molecule has 0 radical (unpaired) electrons. The molecule has 0 bridgehead atoms. The normalized spacial score (nSPS) is 10.3. The summed E-state index contributed by atoms with van der Waals surface area (Å²) < 4.78 is 0. The lowest BCUT2D eigenvalue weighted by Crippen LogP contribution is -2.18. The molecule has 0 amide bonds. The van der Waals surface area contributed by atoms with Crippen LogP contribution in [0.3, 0.4) is 0 Å². The number of para-hydroxylation sites is 1. The van der Waals surface area contributed by atoms with Crippen molar-refractivity contribution in [3.8, 4) is 0 Å². The van der Waals surface area contributed by atoms with Crippen LogP contribution >= 0.6 is 0 Å². The van der Waals surface area contributed by atoms with Gasteiger partial charge in [-0.1, -0.05) is 18.2 Å². The SMILES string of the molecule is CCN(c1ccc(C(=N)N)c(C)c1)c1ccccc1C. The fraction of sp³-hybridized carbons (Fsp3) is 0.235. The van der Waals surface area contributed by atoms with Gasteiger partial charge in [0, 0.05) is 23.5 Å². The molecule has 2 aromatic carbocycles. The van der Waals surface area contributed by atoms with E-state index in [-0.39, 0.29) is 5.84 Å². The molecule has 0 heterocycles. The van der Waals surface area contributed by atoms with Gasteiger partial charge in [0.1, 0.15) is 5.84 Å². The minimum atomic E-state index is 0.119. The predicted molar refractivity (Wildman–Crippen MR) is 86.1 cm³/mol. The van der Waals surface area contributed by atoms with Crippen LogP contribution in [0.5, 0.6) is 0 Å². The molecule has 2 aromatic rings. The summed E-state index contributed by atoms with van der Waals surface area (Å²) >= 11 is 0. The van der Waals surface area contributed by atoms with Crippen LogP contribution in [0.4, 0.5) is 11.4 Å². The van der Waals surface area contributed by atoms with Crippen LogP contribution < -0.4 is 10.6 Å². The van der Waals surface area contributed by atoms with E-state index in [1.54, 1.807) is 0 Å². The topological polar surface area (TPSA) is 53.1 Å². The van der Waals surface area contributed by atoms with Gasteiger partial charge in [-0.15, -0.1) is 0 Å². The largest absolute Gasteiger partial charge is 0.384 e. The second-order valence-corrected chi connectivity index (χ2v) is 4.94. The molecule has 3 N–H and O–H groups in total. The lowest BCUT2D eigenvalue weighted by atomic mass is 10.1. The van der Waals surface area contributed by atoms with Crippen molar-refractivity contribution in [2.24, 2.45) is 5.73 Å². The van der Waals surface area contributed by atoms with Crippen LogP contribution in [0.15, 0.2) is 42.5 Å². The van der Waals surface area contributed by atoms with E-state index in [4.69, 9.17) is 11.1 Å². The van der Waals surface area contributed by atoms with Crippen LogP contribution in [-0.4, -0.2) is 12.4 Å². The highest BCUT2D eigenvalue weighted by molar-refractivity contribution is 5.96. The lowest BCUT2D eigenvalue weighted by Gasteiger charge is -2.26. The number of nitrogens with two attached hydrogens (primary N) is 1. The van der Waals surface area contributed by atoms with Crippen molar-refractivity contribution in [1.82, 2.24) is 0 Å². The smallest absolute Gasteiger partial charge is 0.123 e. The number of nitrogens with zero attached hydrogens (tertiary/aromatic N) is 1. The van der Waals surface area contributed by atoms with Gasteiger partial charge < -0.3 is 10.6 Å². The minimum Gasteiger partial charge on any atom is -0.384 e. The van der Waals surface area contributed by atoms with Gasteiger partial charge in [0.2, 0.25) is 0 Å². The summed E-state index contributed by atoms with van der Waals surface area (Å²) in [5.41, 5.74) is 11.0. The van der Waals surface area contributed by atoms with E-state index in [9.17, 15) is 0 Å². The Bertz CT molecular complexity index is 632. The minimum absolute atomic E-state index is 0.119. The number of nitrogens with one attached hydrogen (secondary N) is 1. The molecular weight excluding hydrogens is 246 g/mol. The van der Waals surface area contributed by atoms with E-state index in [0.29, 0.717) is 0 Å². The molecule has 3 heteroatoms. The number of benzene rings is 2. The number of anilines is 2. The molecular formula is C17H21N3. The first-order valence-electron chi connectivity index (χ1n) is 6.82. The molecule has 0 saturated carbocycles. The Morgan fingerprint density at radius 1 is 1.10 bits per heavy atom. The van der Waals surface area contributed by atoms with E-state index < -0.39 is 0 Å². The van der Waals surface area contributed by atoms with Crippen molar-refractivity contribution in [3.63, 3.8) is 0 Å². The van der Waals surface area contributed by atoms with Crippen LogP contribution in [0, 0.1) is 19.3 Å². The fourth-order valence-electron chi connectivity index (χ4n) is 2.48. The van der Waals surface area contributed by atoms with Gasteiger partial charge in [0.25, 0.3) is 0 Å². The number of amidine groups is 1.